The summed E-state index contributed by atoms with van der Waals surface area (Å²) in [7, 11) is 1.35. The van der Waals surface area contributed by atoms with Gasteiger partial charge in [-0.2, -0.15) is 0 Å². The number of carbonyl (C=O) groups is 1. The predicted octanol–water partition coefficient (Wildman–Crippen LogP) is 1.54. The van der Waals surface area contributed by atoms with Crippen LogP contribution in [0.3, 0.4) is 0 Å². The molecule has 0 aliphatic rings. The van der Waals surface area contributed by atoms with Crippen molar-refractivity contribution in [2.45, 2.75) is 0 Å². The molecule has 0 aliphatic carbocycles. The number of aliphatic hydroxyl groups is 1. The highest BCUT2D eigenvalue weighted by Gasteiger charge is 2.06. The van der Waals surface area contributed by atoms with Crippen molar-refractivity contribution in [2.75, 3.05) is 13.7 Å². The van der Waals surface area contributed by atoms with Crippen LogP contribution in [0.2, 0.25) is 0 Å². The van der Waals surface area contributed by atoms with Crippen LogP contribution in [0, 0.1) is 0 Å². The second-order valence-electron chi connectivity index (χ2n) is 2.32. The highest BCUT2D eigenvalue weighted by Crippen LogP contribution is 2.16. The van der Waals surface area contributed by atoms with E-state index in [4.69, 9.17) is 5.11 Å². The van der Waals surface area contributed by atoms with Gasteiger partial charge in [-0.1, -0.05) is 12.2 Å². The van der Waals surface area contributed by atoms with E-state index >= 15 is 0 Å². The first-order valence-corrected chi connectivity index (χ1v) is 4.60. The first-order chi connectivity index (χ1) is 6.27. The van der Waals surface area contributed by atoms with E-state index < -0.39 is 0 Å². The summed E-state index contributed by atoms with van der Waals surface area (Å²) in [5, 5.41) is 10.3. The Balaban J connectivity index is 2.74. The summed E-state index contributed by atoms with van der Waals surface area (Å²) in [4.78, 5) is 11.6. The molecule has 1 rings (SSSR count). The highest BCUT2D eigenvalue weighted by atomic mass is 32.1. The number of hydrogen-bond acceptors (Lipinski definition) is 4. The van der Waals surface area contributed by atoms with Crippen LogP contribution in [0.25, 0.3) is 6.08 Å². The van der Waals surface area contributed by atoms with Gasteiger partial charge < -0.3 is 9.84 Å². The summed E-state index contributed by atoms with van der Waals surface area (Å²) in [6.07, 6.45) is 3.37. The Morgan fingerprint density at radius 3 is 3.15 bits per heavy atom. The number of carbonyl (C=O) groups excluding carboxylic acids is 1. The molecule has 1 N–H and O–H groups in total. The van der Waals surface area contributed by atoms with E-state index in [0.717, 1.165) is 5.56 Å². The van der Waals surface area contributed by atoms with Crippen LogP contribution >= 0.6 is 11.3 Å². The van der Waals surface area contributed by atoms with Crippen molar-refractivity contribution < 1.29 is 14.6 Å². The van der Waals surface area contributed by atoms with Crippen molar-refractivity contribution in [1.82, 2.24) is 0 Å². The first-order valence-electron chi connectivity index (χ1n) is 3.72. The quantitative estimate of drug-likeness (QED) is 0.749. The predicted molar refractivity (Wildman–Crippen MR) is 51.8 cm³/mol. The molecule has 0 aromatic carbocycles. The van der Waals surface area contributed by atoms with Gasteiger partial charge in [0.15, 0.2) is 0 Å². The molecule has 0 spiro atoms. The van der Waals surface area contributed by atoms with E-state index in [1.54, 1.807) is 18.2 Å². The first kappa shape index (κ1) is 9.95. The van der Waals surface area contributed by atoms with E-state index in [9.17, 15) is 4.79 Å². The van der Waals surface area contributed by atoms with Crippen LogP contribution in [0.5, 0.6) is 0 Å². The van der Waals surface area contributed by atoms with Gasteiger partial charge in [0.2, 0.25) is 0 Å². The number of ether oxygens (including phenoxy) is 1. The van der Waals surface area contributed by atoms with E-state index in [1.807, 2.05) is 5.38 Å². The highest BCUT2D eigenvalue weighted by molar-refractivity contribution is 7.12. The average molecular weight is 198 g/mol. The summed E-state index contributed by atoms with van der Waals surface area (Å²) in [6, 6.07) is 1.72. The molecule has 4 heteroatoms. The Morgan fingerprint density at radius 1 is 1.77 bits per heavy atom. The Labute approximate surface area is 80.3 Å². The monoisotopic (exact) mass is 198 g/mol. The summed E-state index contributed by atoms with van der Waals surface area (Å²) in [5.74, 6) is -0.325. The van der Waals surface area contributed by atoms with Crippen molar-refractivity contribution in [3.63, 3.8) is 0 Å². The summed E-state index contributed by atoms with van der Waals surface area (Å²) in [6.45, 7) is 0.00338. The van der Waals surface area contributed by atoms with Crippen LogP contribution in [0.4, 0.5) is 0 Å². The molecule has 0 aliphatic heterocycles. The van der Waals surface area contributed by atoms with Crippen LogP contribution in [-0.2, 0) is 4.74 Å². The van der Waals surface area contributed by atoms with Crippen molar-refractivity contribution in [2.24, 2.45) is 0 Å². The Bertz CT molecular complexity index is 314. The zero-order chi connectivity index (χ0) is 9.68. The van der Waals surface area contributed by atoms with Crippen molar-refractivity contribution in [1.29, 1.82) is 0 Å². The van der Waals surface area contributed by atoms with Gasteiger partial charge in [0, 0.05) is 0 Å². The standard InChI is InChI=1S/C9H10O3S/c1-12-9(11)8-5-7(6-13-8)3-2-4-10/h2-3,5-6,10H,4H2,1H3. The van der Waals surface area contributed by atoms with Crippen LogP contribution in [-0.4, -0.2) is 24.8 Å². The maximum Gasteiger partial charge on any atom is 0.348 e. The molecular formula is C9H10O3S. The van der Waals surface area contributed by atoms with Gasteiger partial charge in [0.25, 0.3) is 0 Å². The zero-order valence-electron chi connectivity index (χ0n) is 7.19. The van der Waals surface area contributed by atoms with E-state index in [2.05, 4.69) is 4.74 Å². The molecule has 70 valence electrons. The second kappa shape index (κ2) is 4.79. The number of hydrogen-bond donors (Lipinski definition) is 1. The van der Waals surface area contributed by atoms with Crippen LogP contribution in [0.1, 0.15) is 15.2 Å². The van der Waals surface area contributed by atoms with Gasteiger partial charge in [0.1, 0.15) is 4.88 Å². The minimum atomic E-state index is -0.325. The molecule has 1 aromatic rings. The Kier molecular flexibility index (Phi) is 3.67. The van der Waals surface area contributed by atoms with Crippen LogP contribution in [0.15, 0.2) is 17.5 Å². The molecule has 0 saturated carbocycles. The number of aliphatic hydroxyl groups excluding tert-OH is 1. The lowest BCUT2D eigenvalue weighted by Crippen LogP contribution is -1.96. The lowest BCUT2D eigenvalue weighted by atomic mass is 10.3. The molecule has 0 fully saturated rings. The van der Waals surface area contributed by atoms with Gasteiger partial charge >= 0.3 is 5.97 Å². The molecule has 0 bridgehead atoms. The topological polar surface area (TPSA) is 46.5 Å². The Morgan fingerprint density at radius 2 is 2.54 bits per heavy atom. The average Bonchev–Trinajstić information content (AvgIpc) is 2.62. The van der Waals surface area contributed by atoms with Crippen molar-refractivity contribution in [3.8, 4) is 0 Å². The maximum atomic E-state index is 11.0. The second-order valence-corrected chi connectivity index (χ2v) is 3.23. The van der Waals surface area contributed by atoms with Gasteiger partial charge in [-0.15, -0.1) is 11.3 Å². The van der Waals surface area contributed by atoms with Crippen molar-refractivity contribution >= 4 is 23.4 Å². The molecule has 1 aromatic heterocycles. The molecule has 0 unspecified atom stereocenters. The lowest BCUT2D eigenvalue weighted by Gasteiger charge is -1.90. The van der Waals surface area contributed by atoms with E-state index in [1.165, 1.54) is 18.4 Å². The number of methoxy groups -OCH3 is 1. The van der Waals surface area contributed by atoms with Gasteiger partial charge in [-0.3, -0.25) is 0 Å². The summed E-state index contributed by atoms with van der Waals surface area (Å²) in [5.41, 5.74) is 0.902. The molecule has 3 nitrogen and oxygen atoms in total. The van der Waals surface area contributed by atoms with Gasteiger partial charge in [-0.25, -0.2) is 4.79 Å². The molecular weight excluding hydrogens is 188 g/mol. The molecule has 0 saturated heterocycles. The van der Waals surface area contributed by atoms with Crippen LogP contribution < -0.4 is 0 Å². The fraction of sp³-hybridized carbons (Fsp3) is 0.222. The fourth-order valence-corrected chi connectivity index (χ4v) is 1.63. The largest absolute Gasteiger partial charge is 0.465 e. The third kappa shape index (κ3) is 2.68. The minimum Gasteiger partial charge on any atom is -0.465 e. The van der Waals surface area contributed by atoms with Gasteiger partial charge in [-0.05, 0) is 17.0 Å². The fourth-order valence-electron chi connectivity index (χ4n) is 0.835. The number of rotatable bonds is 3. The third-order valence-electron chi connectivity index (χ3n) is 1.42. The summed E-state index contributed by atoms with van der Waals surface area (Å²) < 4.78 is 4.55. The third-order valence-corrected chi connectivity index (χ3v) is 2.35. The zero-order valence-corrected chi connectivity index (χ0v) is 8.00. The molecule has 0 atom stereocenters. The maximum absolute atomic E-state index is 11.0. The smallest absolute Gasteiger partial charge is 0.348 e. The van der Waals surface area contributed by atoms with Crippen molar-refractivity contribution in [3.05, 3.63) is 28.0 Å². The summed E-state index contributed by atoms with van der Waals surface area (Å²) >= 11 is 1.33. The van der Waals surface area contributed by atoms with Gasteiger partial charge in [0.05, 0.1) is 13.7 Å². The normalized spacial score (nSPS) is 10.6. The SMILES string of the molecule is COC(=O)c1cc(C=CCO)cs1. The Hall–Kier alpha value is -1.13. The van der Waals surface area contributed by atoms with E-state index in [0.29, 0.717) is 4.88 Å². The number of thiophene rings is 1. The molecule has 1 heterocycles. The molecule has 13 heavy (non-hydrogen) atoms. The van der Waals surface area contributed by atoms with E-state index in [-0.39, 0.29) is 12.6 Å². The molecule has 0 radical (unpaired) electrons. The lowest BCUT2D eigenvalue weighted by molar-refractivity contribution is 0.0606. The molecule has 0 amide bonds. The minimum absolute atomic E-state index is 0.00338. The number of esters is 1.